The molecule has 2 saturated heterocycles. The predicted molar refractivity (Wildman–Crippen MR) is 85.9 cm³/mol. The van der Waals surface area contributed by atoms with E-state index in [9.17, 15) is 14.4 Å². The highest BCUT2D eigenvalue weighted by Crippen LogP contribution is 2.75. The number of rotatable bonds is 2. The van der Waals surface area contributed by atoms with Crippen molar-refractivity contribution in [3.05, 3.63) is 12.2 Å². The van der Waals surface area contributed by atoms with Crippen molar-refractivity contribution < 1.29 is 33.3 Å². The molecule has 2 heterocycles. The van der Waals surface area contributed by atoms with Crippen LogP contribution in [0.4, 0.5) is 0 Å². The first kappa shape index (κ1) is 16.6. The third-order valence-corrected chi connectivity index (χ3v) is 7.82. The van der Waals surface area contributed by atoms with E-state index in [4.69, 9.17) is 18.9 Å². The Morgan fingerprint density at radius 1 is 1.15 bits per heavy atom. The van der Waals surface area contributed by atoms with Crippen molar-refractivity contribution in [2.24, 2.45) is 16.7 Å². The fourth-order valence-corrected chi connectivity index (χ4v) is 6.60. The molecule has 0 amide bonds. The van der Waals surface area contributed by atoms with Gasteiger partial charge in [-0.2, -0.15) is 0 Å². The number of carbonyl (C=O) groups is 3. The number of esters is 1. The molecule has 7 nitrogen and oxygen atoms in total. The quantitative estimate of drug-likeness (QED) is 0.410. The van der Waals surface area contributed by atoms with Crippen LogP contribution in [0.1, 0.15) is 32.1 Å². The van der Waals surface area contributed by atoms with Crippen LogP contribution in [0.15, 0.2) is 12.2 Å². The third kappa shape index (κ3) is 1.38. The molecule has 26 heavy (non-hydrogen) atoms. The largest absolute Gasteiger partial charge is 0.462 e. The first-order valence-corrected chi connectivity index (χ1v) is 9.03. The van der Waals surface area contributed by atoms with Gasteiger partial charge < -0.3 is 18.9 Å². The summed E-state index contributed by atoms with van der Waals surface area (Å²) in [4.78, 5) is 39.1. The number of ketones is 2. The lowest BCUT2D eigenvalue weighted by Crippen LogP contribution is -2.73. The van der Waals surface area contributed by atoms with Gasteiger partial charge in [0.05, 0.1) is 0 Å². The number of methoxy groups -OCH3 is 2. The second-order valence-electron chi connectivity index (χ2n) is 8.37. The van der Waals surface area contributed by atoms with Crippen LogP contribution in [-0.2, 0) is 33.3 Å². The Morgan fingerprint density at radius 2 is 1.88 bits per heavy atom. The number of Topliss-reactive ketones (excluding diaryl/α,β-unsaturated/α-hetero) is 2. The normalized spacial score (nSPS) is 48.2. The van der Waals surface area contributed by atoms with Gasteiger partial charge in [0.25, 0.3) is 0 Å². The van der Waals surface area contributed by atoms with Crippen LogP contribution < -0.4 is 0 Å². The highest BCUT2D eigenvalue weighted by molar-refractivity contribution is 6.06. The van der Waals surface area contributed by atoms with E-state index in [1.807, 2.05) is 0 Å². The third-order valence-electron chi connectivity index (χ3n) is 7.82. The first-order chi connectivity index (χ1) is 12.3. The zero-order chi connectivity index (χ0) is 18.5. The number of hydrogen-bond acceptors (Lipinski definition) is 7. The molecule has 0 unspecified atom stereocenters. The first-order valence-electron chi connectivity index (χ1n) is 9.03. The minimum atomic E-state index is -1.28. The predicted octanol–water partition coefficient (Wildman–Crippen LogP) is 0.945. The molecule has 6 rings (SSSR count). The second-order valence-corrected chi connectivity index (χ2v) is 8.37. The molecule has 0 aromatic rings. The monoisotopic (exact) mass is 362 g/mol. The van der Waals surface area contributed by atoms with Crippen molar-refractivity contribution in [1.82, 2.24) is 0 Å². The van der Waals surface area contributed by atoms with E-state index >= 15 is 0 Å². The minimum Gasteiger partial charge on any atom is -0.462 e. The van der Waals surface area contributed by atoms with Gasteiger partial charge in [0, 0.05) is 38.4 Å². The van der Waals surface area contributed by atoms with E-state index < -0.39 is 34.3 Å². The molecule has 4 aliphatic carbocycles. The zero-order valence-electron chi connectivity index (χ0n) is 15.0. The summed E-state index contributed by atoms with van der Waals surface area (Å²) in [7, 11) is 2.99. The standard InChI is InChI=1S/C19H22O7/c1-10-6-19(23-2,24-3)14-17(13(10)21)9-25-15(22)18(26-14)7-11-4-5-16(17,18)8-12(11)20/h11,14H,1,4-9H2,2-3H3/t11-,14-,16-,17-,18+/m0/s1. The molecule has 0 radical (unpaired) electrons. The van der Waals surface area contributed by atoms with Gasteiger partial charge in [0.1, 0.15) is 23.9 Å². The lowest BCUT2D eigenvalue weighted by molar-refractivity contribution is -0.287. The summed E-state index contributed by atoms with van der Waals surface area (Å²) in [5.74, 6) is -2.00. The number of fused-ring (bicyclic) bond motifs is 2. The minimum absolute atomic E-state index is 0.106. The summed E-state index contributed by atoms with van der Waals surface area (Å²) >= 11 is 0. The molecule has 6 aliphatic rings. The van der Waals surface area contributed by atoms with E-state index in [0.29, 0.717) is 18.4 Å². The molecule has 2 aliphatic heterocycles. The van der Waals surface area contributed by atoms with Crippen molar-refractivity contribution in [3.63, 3.8) is 0 Å². The maximum Gasteiger partial charge on any atom is 0.339 e. The van der Waals surface area contributed by atoms with E-state index in [2.05, 4.69) is 6.58 Å². The van der Waals surface area contributed by atoms with Crippen LogP contribution in [0.3, 0.4) is 0 Å². The molecule has 7 heteroatoms. The molecule has 2 spiro atoms. The summed E-state index contributed by atoms with van der Waals surface area (Å²) < 4.78 is 23.4. The highest BCUT2D eigenvalue weighted by Gasteiger charge is 2.87. The molecule has 0 aromatic heterocycles. The molecule has 6 fully saturated rings. The highest BCUT2D eigenvalue weighted by atomic mass is 16.7. The smallest absolute Gasteiger partial charge is 0.339 e. The van der Waals surface area contributed by atoms with Crippen LogP contribution in [-0.4, -0.2) is 55.9 Å². The maximum absolute atomic E-state index is 13.5. The fraction of sp³-hybridized carbons (Fsp3) is 0.737. The second kappa shape index (κ2) is 4.64. The number of carbonyl (C=O) groups excluding carboxylic acids is 3. The van der Waals surface area contributed by atoms with Gasteiger partial charge in [0.2, 0.25) is 0 Å². The van der Waals surface area contributed by atoms with Gasteiger partial charge in [-0.05, 0) is 24.8 Å². The Kier molecular flexibility index (Phi) is 2.96. The van der Waals surface area contributed by atoms with Gasteiger partial charge >= 0.3 is 5.97 Å². The van der Waals surface area contributed by atoms with Gasteiger partial charge in [-0.25, -0.2) is 4.79 Å². The molecular formula is C19H22O7. The van der Waals surface area contributed by atoms with E-state index in [1.54, 1.807) is 0 Å². The van der Waals surface area contributed by atoms with Gasteiger partial charge in [-0.15, -0.1) is 0 Å². The SMILES string of the molecule is C=C1CC(OC)(OC)[C@H]2O[C@@]34C[C@@H]5CC[C@]3(CC5=O)[C@@]2(COC4=O)C1=O. The molecule has 140 valence electrons. The number of hydrogen-bond donors (Lipinski definition) is 0. The van der Waals surface area contributed by atoms with Crippen LogP contribution in [0.5, 0.6) is 0 Å². The van der Waals surface area contributed by atoms with Gasteiger partial charge in [-0.1, -0.05) is 6.58 Å². The molecule has 5 atom stereocenters. The summed E-state index contributed by atoms with van der Waals surface area (Å²) in [5, 5.41) is 0. The summed E-state index contributed by atoms with van der Waals surface area (Å²) in [6.45, 7) is 3.83. The van der Waals surface area contributed by atoms with E-state index in [-0.39, 0.29) is 43.4 Å². The number of ether oxygens (including phenoxy) is 4. The zero-order valence-corrected chi connectivity index (χ0v) is 15.0. The Balaban J connectivity index is 1.82. The van der Waals surface area contributed by atoms with Gasteiger partial charge in [-0.3, -0.25) is 9.59 Å². The lowest BCUT2D eigenvalue weighted by Gasteiger charge is -2.61. The molecule has 0 aromatic carbocycles. The van der Waals surface area contributed by atoms with Crippen molar-refractivity contribution in [3.8, 4) is 0 Å². The van der Waals surface area contributed by atoms with Crippen LogP contribution in [0.2, 0.25) is 0 Å². The topological polar surface area (TPSA) is 88.1 Å². The summed E-state index contributed by atoms with van der Waals surface area (Å²) in [6, 6.07) is 0. The van der Waals surface area contributed by atoms with Crippen molar-refractivity contribution in [1.29, 1.82) is 0 Å². The maximum atomic E-state index is 13.5. The average molecular weight is 362 g/mol. The van der Waals surface area contributed by atoms with E-state index in [0.717, 1.165) is 0 Å². The Bertz CT molecular complexity index is 768. The number of cyclic esters (lactones) is 1. The van der Waals surface area contributed by atoms with Crippen molar-refractivity contribution >= 4 is 17.5 Å². The van der Waals surface area contributed by atoms with Gasteiger partial charge in [0.15, 0.2) is 17.2 Å². The van der Waals surface area contributed by atoms with E-state index in [1.165, 1.54) is 14.2 Å². The molecule has 0 N–H and O–H groups in total. The lowest BCUT2D eigenvalue weighted by atomic mass is 9.40. The Hall–Kier alpha value is -1.57. The average Bonchev–Trinajstić information content (AvgIpc) is 2.83. The van der Waals surface area contributed by atoms with Crippen LogP contribution in [0, 0.1) is 16.7 Å². The Labute approximate surface area is 151 Å². The molecular weight excluding hydrogens is 340 g/mol. The van der Waals surface area contributed by atoms with Crippen molar-refractivity contribution in [2.45, 2.75) is 49.6 Å². The summed E-state index contributed by atoms with van der Waals surface area (Å²) in [6.07, 6.45) is 1.01. The Morgan fingerprint density at radius 3 is 2.54 bits per heavy atom. The van der Waals surface area contributed by atoms with Crippen LogP contribution in [0.25, 0.3) is 0 Å². The molecule has 4 bridgehead atoms. The summed E-state index contributed by atoms with van der Waals surface area (Å²) in [5.41, 5.74) is -3.02. The van der Waals surface area contributed by atoms with Crippen molar-refractivity contribution in [2.75, 3.05) is 20.8 Å². The van der Waals surface area contributed by atoms with Crippen LogP contribution >= 0.6 is 0 Å². The fourth-order valence-electron chi connectivity index (χ4n) is 6.60. The molecule has 4 saturated carbocycles.